The van der Waals surface area contributed by atoms with Gasteiger partial charge in [-0.1, -0.05) is 66.2 Å². The normalized spacial score (nSPS) is 14.9. The van der Waals surface area contributed by atoms with Crippen molar-refractivity contribution in [2.24, 2.45) is 0 Å². The van der Waals surface area contributed by atoms with E-state index in [0.717, 1.165) is 48.2 Å². The lowest BCUT2D eigenvalue weighted by atomic mass is 9.89. The molecule has 0 radical (unpaired) electrons. The van der Waals surface area contributed by atoms with E-state index in [9.17, 15) is 4.79 Å². The quantitative estimate of drug-likeness (QED) is 0.319. The lowest BCUT2D eigenvalue weighted by molar-refractivity contribution is -0.121. The van der Waals surface area contributed by atoms with Crippen LogP contribution in [0.4, 0.5) is 0 Å². The van der Waals surface area contributed by atoms with E-state index in [2.05, 4.69) is 74.5 Å². The average molecular weight is 487 g/mol. The Morgan fingerprint density at radius 1 is 1.00 bits per heavy atom. The first-order valence-electron chi connectivity index (χ1n) is 12.4. The molecule has 1 amide bonds. The smallest absolute Gasteiger partial charge is 0.220 e. The van der Waals surface area contributed by atoms with Gasteiger partial charge < -0.3 is 14.8 Å². The van der Waals surface area contributed by atoms with Gasteiger partial charge in [0.1, 0.15) is 5.15 Å². The van der Waals surface area contributed by atoms with Gasteiger partial charge in [0.25, 0.3) is 0 Å². The second-order valence-electron chi connectivity index (χ2n) is 9.28. The molecule has 4 aromatic rings. The number of halogens is 1. The van der Waals surface area contributed by atoms with Crippen LogP contribution in [0.15, 0.2) is 79.1 Å². The standard InChI is InChI=1S/C29H31ClN4O/c30-28-13-12-23(19-32-28)25(18-29(35)31-14-17-33-15-6-7-16-33)26-21-34(20-22-8-2-1-3-9-22)27-11-5-4-10-24(26)27/h1-5,8-13,19,21,25H,6-7,14-18,20H2,(H,31,35). The van der Waals surface area contributed by atoms with E-state index in [4.69, 9.17) is 11.6 Å². The molecule has 0 saturated carbocycles. The summed E-state index contributed by atoms with van der Waals surface area (Å²) in [6.45, 7) is 4.64. The van der Waals surface area contributed by atoms with Crippen LogP contribution in [0.2, 0.25) is 5.15 Å². The maximum atomic E-state index is 13.1. The Kier molecular flexibility index (Phi) is 7.45. The van der Waals surface area contributed by atoms with Crippen LogP contribution in [-0.4, -0.2) is 46.5 Å². The van der Waals surface area contributed by atoms with Crippen molar-refractivity contribution in [3.8, 4) is 0 Å². The second-order valence-corrected chi connectivity index (χ2v) is 9.67. The first-order valence-corrected chi connectivity index (χ1v) is 12.8. The van der Waals surface area contributed by atoms with Gasteiger partial charge in [0.05, 0.1) is 0 Å². The second kappa shape index (κ2) is 11.1. The molecule has 1 unspecified atom stereocenters. The van der Waals surface area contributed by atoms with Crippen LogP contribution in [0.5, 0.6) is 0 Å². The number of carbonyl (C=O) groups excluding carboxylic acids is 1. The first-order chi connectivity index (χ1) is 17.2. The summed E-state index contributed by atoms with van der Waals surface area (Å²) < 4.78 is 2.28. The molecule has 5 nitrogen and oxygen atoms in total. The molecule has 1 fully saturated rings. The van der Waals surface area contributed by atoms with Crippen LogP contribution in [0.25, 0.3) is 10.9 Å². The zero-order valence-electron chi connectivity index (χ0n) is 19.9. The first kappa shape index (κ1) is 23.6. The van der Waals surface area contributed by atoms with Gasteiger partial charge in [0.15, 0.2) is 0 Å². The number of para-hydroxylation sites is 1. The minimum Gasteiger partial charge on any atom is -0.355 e. The van der Waals surface area contributed by atoms with Gasteiger partial charge in [-0.15, -0.1) is 0 Å². The van der Waals surface area contributed by atoms with Crippen LogP contribution >= 0.6 is 11.6 Å². The van der Waals surface area contributed by atoms with E-state index in [1.54, 1.807) is 12.3 Å². The Bertz CT molecular complexity index is 1260. The molecule has 1 N–H and O–H groups in total. The van der Waals surface area contributed by atoms with Crippen LogP contribution in [-0.2, 0) is 11.3 Å². The maximum Gasteiger partial charge on any atom is 0.220 e. The molecule has 3 heterocycles. The number of pyridine rings is 1. The Hall–Kier alpha value is -3.15. The van der Waals surface area contributed by atoms with Crippen molar-refractivity contribution in [2.75, 3.05) is 26.2 Å². The van der Waals surface area contributed by atoms with E-state index in [-0.39, 0.29) is 11.8 Å². The summed E-state index contributed by atoms with van der Waals surface area (Å²) in [6, 6.07) is 22.7. The van der Waals surface area contributed by atoms with Crippen molar-refractivity contribution in [3.05, 3.63) is 101 Å². The summed E-state index contributed by atoms with van der Waals surface area (Å²) in [7, 11) is 0. The summed E-state index contributed by atoms with van der Waals surface area (Å²) in [4.78, 5) is 19.8. The van der Waals surface area contributed by atoms with E-state index < -0.39 is 0 Å². The topological polar surface area (TPSA) is 50.2 Å². The highest BCUT2D eigenvalue weighted by Crippen LogP contribution is 2.35. The van der Waals surface area contributed by atoms with Gasteiger partial charge in [-0.05, 0) is 54.8 Å². The molecule has 1 aliphatic rings. The summed E-state index contributed by atoms with van der Waals surface area (Å²) in [5.41, 5.74) is 4.53. The van der Waals surface area contributed by atoms with Crippen LogP contribution in [0.1, 0.15) is 41.9 Å². The number of carbonyl (C=O) groups is 1. The summed E-state index contributed by atoms with van der Waals surface area (Å²) >= 11 is 6.09. The Labute approximate surface area is 211 Å². The van der Waals surface area contributed by atoms with Gasteiger partial charge >= 0.3 is 0 Å². The molecule has 2 aromatic heterocycles. The number of amides is 1. The van der Waals surface area contributed by atoms with E-state index in [0.29, 0.717) is 18.1 Å². The highest BCUT2D eigenvalue weighted by molar-refractivity contribution is 6.29. The van der Waals surface area contributed by atoms with Crippen LogP contribution in [0.3, 0.4) is 0 Å². The molecule has 35 heavy (non-hydrogen) atoms. The zero-order valence-corrected chi connectivity index (χ0v) is 20.6. The van der Waals surface area contributed by atoms with Crippen molar-refractivity contribution >= 4 is 28.4 Å². The largest absolute Gasteiger partial charge is 0.355 e. The number of nitrogens with one attached hydrogen (secondary N) is 1. The SMILES string of the molecule is O=C(CC(c1ccc(Cl)nc1)c1cn(Cc2ccccc2)c2ccccc12)NCCN1CCCC1. The van der Waals surface area contributed by atoms with Crippen molar-refractivity contribution in [1.29, 1.82) is 0 Å². The molecule has 180 valence electrons. The van der Waals surface area contributed by atoms with Gasteiger partial charge in [0.2, 0.25) is 5.91 Å². The molecule has 1 saturated heterocycles. The maximum absolute atomic E-state index is 13.1. The fourth-order valence-electron chi connectivity index (χ4n) is 5.08. The Balaban J connectivity index is 1.43. The van der Waals surface area contributed by atoms with Crippen molar-refractivity contribution in [3.63, 3.8) is 0 Å². The fraction of sp³-hybridized carbons (Fsp3) is 0.310. The number of benzene rings is 2. The number of hydrogen-bond donors (Lipinski definition) is 1. The van der Waals surface area contributed by atoms with Crippen LogP contribution < -0.4 is 5.32 Å². The van der Waals surface area contributed by atoms with E-state index >= 15 is 0 Å². The van der Waals surface area contributed by atoms with E-state index in [1.807, 2.05) is 12.1 Å². The molecular formula is C29H31ClN4O. The van der Waals surface area contributed by atoms with Crippen molar-refractivity contribution in [1.82, 2.24) is 19.8 Å². The average Bonchev–Trinajstić information content (AvgIpc) is 3.52. The summed E-state index contributed by atoms with van der Waals surface area (Å²) in [5, 5.41) is 4.77. The third-order valence-electron chi connectivity index (χ3n) is 6.88. The lowest BCUT2D eigenvalue weighted by Gasteiger charge is -2.18. The number of rotatable bonds is 9. The fourth-order valence-corrected chi connectivity index (χ4v) is 5.19. The zero-order chi connectivity index (χ0) is 24.0. The minimum absolute atomic E-state index is 0.0593. The third kappa shape index (κ3) is 5.75. The summed E-state index contributed by atoms with van der Waals surface area (Å²) in [6.07, 6.45) is 6.88. The number of likely N-dealkylation sites (tertiary alicyclic amines) is 1. The third-order valence-corrected chi connectivity index (χ3v) is 7.11. The highest BCUT2D eigenvalue weighted by atomic mass is 35.5. The monoisotopic (exact) mass is 486 g/mol. The van der Waals surface area contributed by atoms with Gasteiger partial charge in [-0.3, -0.25) is 4.79 Å². The molecule has 0 bridgehead atoms. The highest BCUT2D eigenvalue weighted by Gasteiger charge is 2.23. The van der Waals surface area contributed by atoms with Gasteiger partial charge in [-0.2, -0.15) is 0 Å². The molecule has 2 aromatic carbocycles. The van der Waals surface area contributed by atoms with Gasteiger partial charge in [0, 0.05) is 55.3 Å². The Morgan fingerprint density at radius 3 is 2.54 bits per heavy atom. The molecule has 5 rings (SSSR count). The number of aromatic nitrogens is 2. The number of nitrogens with zero attached hydrogens (tertiary/aromatic N) is 3. The lowest BCUT2D eigenvalue weighted by Crippen LogP contribution is -2.34. The molecular weight excluding hydrogens is 456 g/mol. The van der Waals surface area contributed by atoms with Crippen molar-refractivity contribution in [2.45, 2.75) is 31.7 Å². The van der Waals surface area contributed by atoms with Crippen molar-refractivity contribution < 1.29 is 4.79 Å². The molecule has 1 aliphatic heterocycles. The van der Waals surface area contributed by atoms with Gasteiger partial charge in [-0.25, -0.2) is 4.98 Å². The molecule has 0 aliphatic carbocycles. The summed E-state index contributed by atoms with van der Waals surface area (Å²) in [5.74, 6) is -0.0579. The Morgan fingerprint density at radius 2 is 1.77 bits per heavy atom. The molecule has 0 spiro atoms. The number of hydrogen-bond acceptors (Lipinski definition) is 3. The minimum atomic E-state index is -0.117. The number of fused-ring (bicyclic) bond motifs is 1. The molecule has 6 heteroatoms. The predicted octanol–water partition coefficient (Wildman–Crippen LogP) is 5.47. The van der Waals surface area contributed by atoms with E-state index in [1.165, 1.54) is 18.4 Å². The van der Waals surface area contributed by atoms with Crippen LogP contribution in [0, 0.1) is 0 Å². The predicted molar refractivity (Wildman–Crippen MR) is 142 cm³/mol. The molecule has 1 atom stereocenters.